The van der Waals surface area contributed by atoms with E-state index in [-0.39, 0.29) is 0 Å². The third-order valence-corrected chi connectivity index (χ3v) is 3.96. The maximum Gasteiger partial charge on any atom is 0.186 e. The van der Waals surface area contributed by atoms with E-state index in [2.05, 4.69) is 16.8 Å². The van der Waals surface area contributed by atoms with Gasteiger partial charge in [0.2, 0.25) is 0 Å². The maximum absolute atomic E-state index is 10.9. The molecule has 16 heavy (non-hydrogen) atoms. The third kappa shape index (κ3) is 2.10. The lowest BCUT2D eigenvalue weighted by Gasteiger charge is -2.19. The van der Waals surface area contributed by atoms with Crippen LogP contribution in [0.25, 0.3) is 0 Å². The average Bonchev–Trinajstić information content (AvgIpc) is 2.85. The molecule has 2 rings (SSSR count). The fourth-order valence-electron chi connectivity index (χ4n) is 2.02. The first-order valence-electron chi connectivity index (χ1n) is 5.46. The summed E-state index contributed by atoms with van der Waals surface area (Å²) < 4.78 is 5.04. The van der Waals surface area contributed by atoms with Gasteiger partial charge in [-0.15, -0.1) is 0 Å². The highest BCUT2D eigenvalue weighted by Crippen LogP contribution is 2.31. The Morgan fingerprint density at radius 1 is 1.69 bits per heavy atom. The zero-order valence-corrected chi connectivity index (χ0v) is 10.4. The molecular weight excluding hydrogens is 224 g/mol. The summed E-state index contributed by atoms with van der Waals surface area (Å²) in [6.45, 7) is 3.65. The minimum absolute atomic E-state index is 0.410. The summed E-state index contributed by atoms with van der Waals surface area (Å²) in [4.78, 5) is 18.4. The van der Waals surface area contributed by atoms with Crippen molar-refractivity contribution in [1.29, 1.82) is 0 Å². The Morgan fingerprint density at radius 2 is 2.50 bits per heavy atom. The van der Waals surface area contributed by atoms with Crippen LogP contribution in [0.5, 0.6) is 0 Å². The number of hydrogen-bond acceptors (Lipinski definition) is 5. The predicted octanol–water partition coefficient (Wildman–Crippen LogP) is 2.09. The van der Waals surface area contributed by atoms with E-state index in [1.54, 1.807) is 7.11 Å². The smallest absolute Gasteiger partial charge is 0.186 e. The lowest BCUT2D eigenvalue weighted by atomic mass is 10.2. The predicted molar refractivity (Wildman–Crippen MR) is 64.3 cm³/mol. The van der Waals surface area contributed by atoms with Crippen LogP contribution in [0.15, 0.2) is 0 Å². The quantitative estimate of drug-likeness (QED) is 0.756. The lowest BCUT2D eigenvalue weighted by Crippen LogP contribution is -2.25. The number of thiazole rings is 1. The van der Waals surface area contributed by atoms with Gasteiger partial charge in [-0.3, -0.25) is 4.79 Å². The topological polar surface area (TPSA) is 42.4 Å². The molecule has 0 saturated carbocycles. The van der Waals surface area contributed by atoms with E-state index < -0.39 is 0 Å². The highest BCUT2D eigenvalue weighted by atomic mass is 32.1. The fourth-order valence-corrected chi connectivity index (χ4v) is 3.03. The molecule has 2 heterocycles. The molecule has 0 radical (unpaired) electrons. The van der Waals surface area contributed by atoms with Gasteiger partial charge in [-0.2, -0.15) is 0 Å². The number of anilines is 1. The van der Waals surface area contributed by atoms with E-state index in [0.717, 1.165) is 23.7 Å². The van der Waals surface area contributed by atoms with Crippen molar-refractivity contribution in [3.63, 3.8) is 0 Å². The van der Waals surface area contributed by atoms with Gasteiger partial charge >= 0.3 is 0 Å². The van der Waals surface area contributed by atoms with E-state index in [9.17, 15) is 4.79 Å². The molecule has 0 amide bonds. The van der Waals surface area contributed by atoms with Crippen molar-refractivity contribution in [2.24, 2.45) is 0 Å². The summed E-state index contributed by atoms with van der Waals surface area (Å²) in [5, 5.41) is 0.958. The van der Waals surface area contributed by atoms with Gasteiger partial charge in [0, 0.05) is 19.7 Å². The second-order valence-electron chi connectivity index (χ2n) is 4.04. The molecule has 0 bridgehead atoms. The van der Waals surface area contributed by atoms with Crippen molar-refractivity contribution in [2.45, 2.75) is 32.4 Å². The second kappa shape index (κ2) is 4.93. The number of rotatable bonds is 4. The zero-order chi connectivity index (χ0) is 11.5. The number of carbonyl (C=O) groups excluding carboxylic acids is 1. The molecule has 1 aromatic heterocycles. The van der Waals surface area contributed by atoms with Crippen LogP contribution < -0.4 is 4.90 Å². The van der Waals surface area contributed by atoms with Crippen molar-refractivity contribution in [2.75, 3.05) is 18.6 Å². The minimum atomic E-state index is 0.410. The second-order valence-corrected chi connectivity index (χ2v) is 5.05. The van der Waals surface area contributed by atoms with Crippen LogP contribution in [-0.4, -0.2) is 31.0 Å². The summed E-state index contributed by atoms with van der Waals surface area (Å²) >= 11 is 1.47. The number of aldehydes is 1. The van der Waals surface area contributed by atoms with E-state index >= 15 is 0 Å². The van der Waals surface area contributed by atoms with Crippen LogP contribution in [-0.2, 0) is 11.3 Å². The molecule has 1 aliphatic heterocycles. The van der Waals surface area contributed by atoms with Crippen LogP contribution in [0, 0.1) is 0 Å². The molecule has 1 unspecified atom stereocenters. The van der Waals surface area contributed by atoms with Crippen LogP contribution >= 0.6 is 11.3 Å². The molecule has 0 N–H and O–H groups in total. The first-order chi connectivity index (χ1) is 7.76. The number of carbonyl (C=O) groups is 1. The molecule has 1 saturated heterocycles. The first-order valence-corrected chi connectivity index (χ1v) is 6.28. The van der Waals surface area contributed by atoms with E-state index in [1.165, 1.54) is 24.2 Å². The van der Waals surface area contributed by atoms with Crippen molar-refractivity contribution in [1.82, 2.24) is 4.98 Å². The molecule has 1 atom stereocenters. The van der Waals surface area contributed by atoms with E-state index in [4.69, 9.17) is 4.74 Å². The Hall–Kier alpha value is -0.940. The minimum Gasteiger partial charge on any atom is -0.378 e. The normalized spacial score (nSPS) is 20.4. The molecular formula is C11H16N2O2S. The molecule has 0 spiro atoms. The Kier molecular flexibility index (Phi) is 3.56. The Bertz CT molecular complexity index is 378. The highest BCUT2D eigenvalue weighted by Gasteiger charge is 2.24. The van der Waals surface area contributed by atoms with Crippen LogP contribution in [0.1, 0.15) is 35.1 Å². The first kappa shape index (κ1) is 11.5. The van der Waals surface area contributed by atoms with Crippen LogP contribution in [0.2, 0.25) is 0 Å². The summed E-state index contributed by atoms with van der Waals surface area (Å²) in [6, 6.07) is 0.529. The zero-order valence-electron chi connectivity index (χ0n) is 9.60. The number of methoxy groups -OCH3 is 1. The summed E-state index contributed by atoms with van der Waals surface area (Å²) in [7, 11) is 1.62. The van der Waals surface area contributed by atoms with Gasteiger partial charge in [-0.05, 0) is 19.8 Å². The van der Waals surface area contributed by atoms with Gasteiger partial charge in [0.15, 0.2) is 11.4 Å². The van der Waals surface area contributed by atoms with Crippen LogP contribution in [0.4, 0.5) is 5.13 Å². The van der Waals surface area contributed by atoms with Gasteiger partial charge in [-0.1, -0.05) is 11.3 Å². The average molecular weight is 240 g/mol. The highest BCUT2D eigenvalue weighted by molar-refractivity contribution is 7.17. The largest absolute Gasteiger partial charge is 0.378 e. The maximum atomic E-state index is 10.9. The fraction of sp³-hybridized carbons (Fsp3) is 0.636. The SMILES string of the molecule is COCc1nc(N2CCCC2C)sc1C=O. The summed E-state index contributed by atoms with van der Waals surface area (Å²) in [5.41, 5.74) is 0.761. The Balaban J connectivity index is 2.24. The summed E-state index contributed by atoms with van der Waals surface area (Å²) in [5.74, 6) is 0. The molecule has 1 aliphatic rings. The number of ether oxygens (including phenoxy) is 1. The van der Waals surface area contributed by atoms with Gasteiger partial charge in [0.25, 0.3) is 0 Å². The standard InChI is InChI=1S/C11H16N2O2S/c1-8-4-3-5-13(8)11-12-9(7-15-2)10(6-14)16-11/h6,8H,3-5,7H2,1-2H3. The third-order valence-electron chi connectivity index (χ3n) is 2.90. The van der Waals surface area contributed by atoms with Crippen molar-refractivity contribution >= 4 is 22.8 Å². The molecule has 1 fully saturated rings. The summed E-state index contributed by atoms with van der Waals surface area (Å²) in [6.07, 6.45) is 3.28. The van der Waals surface area contributed by atoms with Gasteiger partial charge in [0.05, 0.1) is 17.2 Å². The molecule has 4 nitrogen and oxygen atoms in total. The van der Waals surface area contributed by atoms with Gasteiger partial charge < -0.3 is 9.64 Å². The molecule has 0 aliphatic carbocycles. The Morgan fingerprint density at radius 3 is 3.06 bits per heavy atom. The molecule has 5 heteroatoms. The number of hydrogen-bond donors (Lipinski definition) is 0. The van der Waals surface area contributed by atoms with Crippen molar-refractivity contribution in [3.05, 3.63) is 10.6 Å². The van der Waals surface area contributed by atoms with E-state index in [0.29, 0.717) is 17.5 Å². The monoisotopic (exact) mass is 240 g/mol. The van der Waals surface area contributed by atoms with Crippen LogP contribution in [0.3, 0.4) is 0 Å². The molecule has 1 aromatic rings. The number of nitrogens with zero attached hydrogens (tertiary/aromatic N) is 2. The number of aromatic nitrogens is 1. The Labute approximate surface area is 99.2 Å². The molecule has 88 valence electrons. The van der Waals surface area contributed by atoms with Crippen molar-refractivity contribution in [3.8, 4) is 0 Å². The van der Waals surface area contributed by atoms with Gasteiger partial charge in [-0.25, -0.2) is 4.98 Å². The lowest BCUT2D eigenvalue weighted by molar-refractivity contribution is 0.112. The van der Waals surface area contributed by atoms with Gasteiger partial charge in [0.1, 0.15) is 0 Å². The van der Waals surface area contributed by atoms with Crippen molar-refractivity contribution < 1.29 is 9.53 Å². The van der Waals surface area contributed by atoms with E-state index in [1.807, 2.05) is 0 Å². The molecule has 0 aromatic carbocycles.